The second-order valence-electron chi connectivity index (χ2n) is 8.11. The highest BCUT2D eigenvalue weighted by Gasteiger charge is 2.28. The molecule has 0 spiro atoms. The van der Waals surface area contributed by atoms with Crippen LogP contribution >= 0.6 is 0 Å². The number of hydrogen-bond donors (Lipinski definition) is 1. The van der Waals surface area contributed by atoms with E-state index < -0.39 is 0 Å². The SMILES string of the molecule is Cc1c(F)cccc1Cc1c(C(=O)N2CCNCC2)c2cccnc2n1-c1ccccc1. The Kier molecular flexibility index (Phi) is 5.45. The van der Waals surface area contributed by atoms with Crippen molar-refractivity contribution >= 4 is 16.9 Å². The van der Waals surface area contributed by atoms with Crippen LogP contribution in [0, 0.1) is 12.7 Å². The molecule has 0 atom stereocenters. The van der Waals surface area contributed by atoms with Gasteiger partial charge in [-0.1, -0.05) is 30.3 Å². The number of nitrogens with one attached hydrogen (secondary N) is 1. The molecule has 0 radical (unpaired) electrons. The number of pyridine rings is 1. The number of halogens is 1. The highest BCUT2D eigenvalue weighted by Crippen LogP contribution is 2.32. The number of aromatic nitrogens is 2. The first kappa shape index (κ1) is 20.4. The number of hydrogen-bond acceptors (Lipinski definition) is 3. The predicted octanol–water partition coefficient (Wildman–Crippen LogP) is 4.11. The van der Waals surface area contributed by atoms with Crippen molar-refractivity contribution in [3.8, 4) is 5.69 Å². The van der Waals surface area contributed by atoms with E-state index in [2.05, 4.69) is 14.9 Å². The normalized spacial score (nSPS) is 14.1. The van der Waals surface area contributed by atoms with Gasteiger partial charge in [-0.05, 0) is 48.4 Å². The van der Waals surface area contributed by atoms with E-state index in [9.17, 15) is 9.18 Å². The van der Waals surface area contributed by atoms with Crippen LogP contribution in [-0.4, -0.2) is 46.5 Å². The average Bonchev–Trinajstić information content (AvgIpc) is 3.16. The summed E-state index contributed by atoms with van der Waals surface area (Å²) in [5, 5.41) is 4.13. The third-order valence-electron chi connectivity index (χ3n) is 6.20. The molecule has 6 heteroatoms. The zero-order valence-corrected chi connectivity index (χ0v) is 18.0. The van der Waals surface area contributed by atoms with Gasteiger partial charge in [0.1, 0.15) is 11.5 Å². The summed E-state index contributed by atoms with van der Waals surface area (Å²) in [6, 6.07) is 18.9. The van der Waals surface area contributed by atoms with Gasteiger partial charge in [0.15, 0.2) is 0 Å². The number of carbonyl (C=O) groups excluding carboxylic acids is 1. The smallest absolute Gasteiger partial charge is 0.256 e. The molecular weight excluding hydrogens is 403 g/mol. The molecule has 3 heterocycles. The minimum absolute atomic E-state index is 0.00300. The van der Waals surface area contributed by atoms with E-state index >= 15 is 0 Å². The van der Waals surface area contributed by atoms with E-state index in [0.29, 0.717) is 30.6 Å². The maximum absolute atomic E-state index is 14.4. The first-order valence-corrected chi connectivity index (χ1v) is 10.9. The van der Waals surface area contributed by atoms with Crippen molar-refractivity contribution < 1.29 is 9.18 Å². The van der Waals surface area contributed by atoms with E-state index in [0.717, 1.165) is 41.1 Å². The monoisotopic (exact) mass is 428 g/mol. The number of carbonyl (C=O) groups is 1. The summed E-state index contributed by atoms with van der Waals surface area (Å²) < 4.78 is 16.4. The number of para-hydroxylation sites is 1. The summed E-state index contributed by atoms with van der Waals surface area (Å²) in [6.45, 7) is 4.67. The second-order valence-corrected chi connectivity index (χ2v) is 8.11. The Morgan fingerprint density at radius 3 is 2.59 bits per heavy atom. The molecule has 0 bridgehead atoms. The van der Waals surface area contributed by atoms with Crippen molar-refractivity contribution in [1.82, 2.24) is 19.8 Å². The molecule has 162 valence electrons. The Bertz CT molecular complexity index is 1280. The van der Waals surface area contributed by atoms with Crippen molar-refractivity contribution in [2.24, 2.45) is 0 Å². The molecule has 2 aromatic carbocycles. The Balaban J connectivity index is 1.76. The number of nitrogens with zero attached hydrogens (tertiary/aromatic N) is 3. The van der Waals surface area contributed by atoms with Gasteiger partial charge >= 0.3 is 0 Å². The number of amides is 1. The molecule has 1 saturated heterocycles. The lowest BCUT2D eigenvalue weighted by Gasteiger charge is -2.28. The molecule has 2 aromatic heterocycles. The fourth-order valence-electron chi connectivity index (χ4n) is 4.48. The Morgan fingerprint density at radius 2 is 1.81 bits per heavy atom. The molecule has 0 unspecified atom stereocenters. The van der Waals surface area contributed by atoms with E-state index in [1.54, 1.807) is 19.2 Å². The quantitative estimate of drug-likeness (QED) is 0.532. The Hall–Kier alpha value is -3.51. The molecule has 0 aliphatic carbocycles. The van der Waals surface area contributed by atoms with Gasteiger partial charge in [0.05, 0.1) is 5.56 Å². The summed E-state index contributed by atoms with van der Waals surface area (Å²) in [7, 11) is 0. The van der Waals surface area contributed by atoms with Crippen LogP contribution in [0.5, 0.6) is 0 Å². The van der Waals surface area contributed by atoms with Crippen LogP contribution in [0.15, 0.2) is 66.9 Å². The highest BCUT2D eigenvalue weighted by molar-refractivity contribution is 6.08. The third-order valence-corrected chi connectivity index (χ3v) is 6.20. The number of rotatable bonds is 4. The van der Waals surface area contributed by atoms with E-state index in [-0.39, 0.29) is 11.7 Å². The first-order chi connectivity index (χ1) is 15.6. The van der Waals surface area contributed by atoms with Crippen LogP contribution in [0.3, 0.4) is 0 Å². The maximum Gasteiger partial charge on any atom is 0.256 e. The zero-order valence-electron chi connectivity index (χ0n) is 18.0. The summed E-state index contributed by atoms with van der Waals surface area (Å²) in [6.07, 6.45) is 2.18. The molecule has 1 N–H and O–H groups in total. The Labute approximate surface area is 186 Å². The molecule has 1 aliphatic heterocycles. The first-order valence-electron chi connectivity index (χ1n) is 10.9. The predicted molar refractivity (Wildman–Crippen MR) is 124 cm³/mol. The molecule has 1 fully saturated rings. The fraction of sp³-hybridized carbons (Fsp3) is 0.231. The summed E-state index contributed by atoms with van der Waals surface area (Å²) in [5.41, 5.74) is 4.62. The lowest BCUT2D eigenvalue weighted by atomic mass is 9.99. The Morgan fingerprint density at radius 1 is 1.03 bits per heavy atom. The van der Waals surface area contributed by atoms with Crippen LogP contribution in [0.25, 0.3) is 16.7 Å². The van der Waals surface area contributed by atoms with Gasteiger partial charge in [0.2, 0.25) is 0 Å². The molecule has 5 nitrogen and oxygen atoms in total. The number of fused-ring (bicyclic) bond motifs is 1. The minimum Gasteiger partial charge on any atom is -0.336 e. The number of benzene rings is 2. The largest absolute Gasteiger partial charge is 0.336 e. The topological polar surface area (TPSA) is 50.2 Å². The molecule has 5 rings (SSSR count). The van der Waals surface area contributed by atoms with Crippen molar-refractivity contribution in [3.05, 3.63) is 95.1 Å². The summed E-state index contributed by atoms with van der Waals surface area (Å²) in [5.74, 6) is -0.235. The lowest BCUT2D eigenvalue weighted by Crippen LogP contribution is -2.46. The van der Waals surface area contributed by atoms with Crippen molar-refractivity contribution in [3.63, 3.8) is 0 Å². The molecule has 4 aromatic rings. The van der Waals surface area contributed by atoms with E-state index in [1.807, 2.05) is 53.4 Å². The van der Waals surface area contributed by atoms with Gasteiger partial charge in [-0.3, -0.25) is 9.36 Å². The van der Waals surface area contributed by atoms with E-state index in [1.165, 1.54) is 6.07 Å². The third kappa shape index (κ3) is 3.56. The molecular formula is C26H25FN4O. The van der Waals surface area contributed by atoms with Crippen LogP contribution in [0.2, 0.25) is 0 Å². The van der Waals surface area contributed by atoms with Crippen LogP contribution in [0.1, 0.15) is 27.2 Å². The van der Waals surface area contributed by atoms with Gasteiger partial charge in [-0.2, -0.15) is 0 Å². The van der Waals surface area contributed by atoms with Gasteiger partial charge < -0.3 is 10.2 Å². The van der Waals surface area contributed by atoms with Crippen LogP contribution in [-0.2, 0) is 6.42 Å². The number of piperazine rings is 1. The molecule has 1 aliphatic rings. The van der Waals surface area contributed by atoms with Gasteiger partial charge in [-0.25, -0.2) is 9.37 Å². The van der Waals surface area contributed by atoms with Crippen molar-refractivity contribution in [2.45, 2.75) is 13.3 Å². The van der Waals surface area contributed by atoms with Crippen LogP contribution < -0.4 is 5.32 Å². The highest BCUT2D eigenvalue weighted by atomic mass is 19.1. The van der Waals surface area contributed by atoms with Gasteiger partial charge in [-0.15, -0.1) is 0 Å². The lowest BCUT2D eigenvalue weighted by molar-refractivity contribution is 0.0736. The van der Waals surface area contributed by atoms with Gasteiger partial charge in [0, 0.05) is 55.6 Å². The van der Waals surface area contributed by atoms with Crippen molar-refractivity contribution in [2.75, 3.05) is 26.2 Å². The van der Waals surface area contributed by atoms with Crippen molar-refractivity contribution in [1.29, 1.82) is 0 Å². The summed E-state index contributed by atoms with van der Waals surface area (Å²) >= 11 is 0. The standard InChI is InChI=1S/C26H25FN4O/c1-18-19(7-5-11-22(18)27)17-23-24(26(32)30-15-13-28-14-16-30)21-10-6-12-29-25(21)31(23)20-8-3-2-4-9-20/h2-12,28H,13-17H2,1H3. The molecule has 32 heavy (non-hydrogen) atoms. The summed E-state index contributed by atoms with van der Waals surface area (Å²) in [4.78, 5) is 20.4. The average molecular weight is 429 g/mol. The van der Waals surface area contributed by atoms with Crippen LogP contribution in [0.4, 0.5) is 4.39 Å². The minimum atomic E-state index is -0.238. The van der Waals surface area contributed by atoms with E-state index in [4.69, 9.17) is 0 Å². The maximum atomic E-state index is 14.4. The fourth-order valence-corrected chi connectivity index (χ4v) is 4.48. The second kappa shape index (κ2) is 8.55. The molecule has 1 amide bonds. The zero-order chi connectivity index (χ0) is 22.1. The van der Waals surface area contributed by atoms with Gasteiger partial charge in [0.25, 0.3) is 5.91 Å². The molecule has 0 saturated carbocycles.